The fourth-order valence-corrected chi connectivity index (χ4v) is 2.97. The first kappa shape index (κ1) is 13.1. The predicted molar refractivity (Wildman–Crippen MR) is 75.8 cm³/mol. The predicted octanol–water partition coefficient (Wildman–Crippen LogP) is 3.27. The number of aromatic nitrogens is 3. The first-order valence-electron chi connectivity index (χ1n) is 7.04. The molecule has 5 heteroatoms. The number of nitrogens with zero attached hydrogens (tertiary/aromatic N) is 3. The van der Waals surface area contributed by atoms with Gasteiger partial charge in [-0.3, -0.25) is 0 Å². The Bertz CT molecular complexity index is 650. The average Bonchev–Trinajstić information content (AvgIpc) is 2.81. The van der Waals surface area contributed by atoms with E-state index in [0.29, 0.717) is 17.0 Å². The van der Waals surface area contributed by atoms with Gasteiger partial charge in [0.2, 0.25) is 0 Å². The van der Waals surface area contributed by atoms with Crippen LogP contribution in [-0.2, 0) is 0 Å². The molecule has 1 fully saturated rings. The molecule has 1 aromatic carbocycles. The van der Waals surface area contributed by atoms with E-state index in [1.165, 1.54) is 12.8 Å². The molecule has 20 heavy (non-hydrogen) atoms. The molecule has 1 aliphatic rings. The van der Waals surface area contributed by atoms with Gasteiger partial charge >= 0.3 is 5.97 Å². The van der Waals surface area contributed by atoms with Gasteiger partial charge in [0.05, 0.1) is 17.1 Å². The van der Waals surface area contributed by atoms with Crippen molar-refractivity contribution in [1.82, 2.24) is 15.0 Å². The minimum atomic E-state index is -0.930. The molecule has 0 amide bonds. The monoisotopic (exact) mass is 273 g/mol. The molecule has 0 atom stereocenters. The molecule has 106 valence electrons. The van der Waals surface area contributed by atoms with Crippen LogP contribution in [0.15, 0.2) is 18.2 Å². The average molecular weight is 273 g/mol. The van der Waals surface area contributed by atoms with Gasteiger partial charge in [-0.2, -0.15) is 0 Å². The highest BCUT2D eigenvalue weighted by molar-refractivity contribution is 5.92. The normalized spacial score (nSPS) is 19.3. The van der Waals surface area contributed by atoms with Gasteiger partial charge in [0, 0.05) is 0 Å². The van der Waals surface area contributed by atoms with E-state index in [1.54, 1.807) is 12.1 Å². The summed E-state index contributed by atoms with van der Waals surface area (Å²) in [6.07, 6.45) is 4.58. The molecule has 0 spiro atoms. The van der Waals surface area contributed by atoms with Gasteiger partial charge in [0.25, 0.3) is 0 Å². The van der Waals surface area contributed by atoms with E-state index in [0.717, 1.165) is 18.4 Å². The highest BCUT2D eigenvalue weighted by atomic mass is 16.4. The van der Waals surface area contributed by atoms with Gasteiger partial charge in [-0.15, -0.1) is 5.10 Å². The van der Waals surface area contributed by atoms with E-state index in [-0.39, 0.29) is 5.56 Å². The molecule has 1 aliphatic carbocycles. The van der Waals surface area contributed by atoms with Crippen molar-refractivity contribution < 1.29 is 9.90 Å². The van der Waals surface area contributed by atoms with E-state index >= 15 is 0 Å². The Morgan fingerprint density at radius 1 is 1.35 bits per heavy atom. The Morgan fingerprint density at radius 2 is 2.05 bits per heavy atom. The van der Waals surface area contributed by atoms with Crippen molar-refractivity contribution in [2.45, 2.75) is 45.6 Å². The van der Waals surface area contributed by atoms with Gasteiger partial charge in [0.15, 0.2) is 0 Å². The molecule has 1 heterocycles. The van der Waals surface area contributed by atoms with Crippen molar-refractivity contribution in [2.24, 2.45) is 5.41 Å². The molecular weight excluding hydrogens is 254 g/mol. The molecule has 0 aliphatic heterocycles. The molecule has 0 saturated heterocycles. The van der Waals surface area contributed by atoms with Crippen molar-refractivity contribution in [3.8, 4) is 0 Å². The van der Waals surface area contributed by atoms with Crippen molar-refractivity contribution in [2.75, 3.05) is 0 Å². The second-order valence-corrected chi connectivity index (χ2v) is 6.44. The lowest BCUT2D eigenvalue weighted by molar-refractivity contribution is 0.0697. The lowest BCUT2D eigenvalue weighted by Crippen LogP contribution is -2.24. The van der Waals surface area contributed by atoms with Crippen LogP contribution in [0, 0.1) is 5.41 Å². The van der Waals surface area contributed by atoms with Crippen molar-refractivity contribution in [1.29, 1.82) is 0 Å². The van der Waals surface area contributed by atoms with Crippen LogP contribution in [0.1, 0.15) is 55.9 Å². The summed E-state index contributed by atoms with van der Waals surface area (Å²) >= 11 is 0. The number of carboxylic acids is 1. The lowest BCUT2D eigenvalue weighted by Gasteiger charge is -2.34. The third-order valence-electron chi connectivity index (χ3n) is 4.37. The zero-order valence-corrected chi connectivity index (χ0v) is 11.8. The molecule has 1 N–H and O–H groups in total. The summed E-state index contributed by atoms with van der Waals surface area (Å²) in [6, 6.07) is 5.41. The molecule has 3 rings (SSSR count). The summed E-state index contributed by atoms with van der Waals surface area (Å²) in [6.45, 7) is 4.61. The standard InChI is InChI=1S/C15H19N3O2/c1-15(2)7-5-11(6-8-15)18-13-4-3-10(14(19)20)9-12(13)16-17-18/h3-4,9,11H,5-8H2,1-2H3,(H,19,20). The van der Waals surface area contributed by atoms with Gasteiger partial charge in [-0.05, 0) is 49.3 Å². The summed E-state index contributed by atoms with van der Waals surface area (Å²) in [5.74, 6) is -0.930. The molecule has 1 aromatic heterocycles. The molecule has 0 radical (unpaired) electrons. The molecule has 1 saturated carbocycles. The summed E-state index contributed by atoms with van der Waals surface area (Å²) in [5.41, 5.74) is 2.27. The molecule has 2 aromatic rings. The maximum atomic E-state index is 11.0. The zero-order chi connectivity index (χ0) is 14.3. The quantitative estimate of drug-likeness (QED) is 0.911. The van der Waals surface area contributed by atoms with Crippen LogP contribution in [0.4, 0.5) is 0 Å². The Labute approximate surface area is 117 Å². The lowest BCUT2D eigenvalue weighted by atomic mass is 9.75. The van der Waals surface area contributed by atoms with Gasteiger partial charge in [-0.1, -0.05) is 19.1 Å². The smallest absolute Gasteiger partial charge is 0.335 e. The molecular formula is C15H19N3O2. The van der Waals surface area contributed by atoms with E-state index in [9.17, 15) is 4.79 Å². The van der Waals surface area contributed by atoms with Crippen molar-refractivity contribution >= 4 is 17.0 Å². The second kappa shape index (κ2) is 4.58. The minimum Gasteiger partial charge on any atom is -0.478 e. The van der Waals surface area contributed by atoms with Crippen LogP contribution in [0.25, 0.3) is 11.0 Å². The van der Waals surface area contributed by atoms with E-state index in [4.69, 9.17) is 5.11 Å². The first-order chi connectivity index (χ1) is 9.46. The summed E-state index contributed by atoms with van der Waals surface area (Å²) < 4.78 is 1.97. The fourth-order valence-electron chi connectivity index (χ4n) is 2.97. The van der Waals surface area contributed by atoms with Crippen molar-refractivity contribution in [3.05, 3.63) is 23.8 Å². The third kappa shape index (κ3) is 2.28. The number of benzene rings is 1. The first-order valence-corrected chi connectivity index (χ1v) is 7.04. The van der Waals surface area contributed by atoms with Crippen LogP contribution in [0.3, 0.4) is 0 Å². The number of carbonyl (C=O) groups is 1. The Balaban J connectivity index is 1.91. The summed E-state index contributed by atoms with van der Waals surface area (Å²) in [4.78, 5) is 11.0. The number of hydrogen-bond acceptors (Lipinski definition) is 3. The van der Waals surface area contributed by atoms with E-state index in [2.05, 4.69) is 24.2 Å². The summed E-state index contributed by atoms with van der Waals surface area (Å²) in [5, 5.41) is 17.4. The Kier molecular flexibility index (Phi) is 3.00. The fraction of sp³-hybridized carbons (Fsp3) is 0.533. The van der Waals surface area contributed by atoms with Gasteiger partial charge in [0.1, 0.15) is 5.52 Å². The highest BCUT2D eigenvalue weighted by Crippen LogP contribution is 2.40. The van der Waals surface area contributed by atoms with Crippen LogP contribution < -0.4 is 0 Å². The topological polar surface area (TPSA) is 68.0 Å². The van der Waals surface area contributed by atoms with Crippen LogP contribution in [0.2, 0.25) is 0 Å². The molecule has 0 unspecified atom stereocenters. The molecule has 5 nitrogen and oxygen atoms in total. The minimum absolute atomic E-state index is 0.259. The van der Waals surface area contributed by atoms with E-state index < -0.39 is 5.97 Å². The van der Waals surface area contributed by atoms with Gasteiger partial charge in [-0.25, -0.2) is 9.48 Å². The second-order valence-electron chi connectivity index (χ2n) is 6.44. The van der Waals surface area contributed by atoms with Crippen LogP contribution >= 0.6 is 0 Å². The van der Waals surface area contributed by atoms with Crippen LogP contribution in [-0.4, -0.2) is 26.1 Å². The Morgan fingerprint density at radius 3 is 2.70 bits per heavy atom. The third-order valence-corrected chi connectivity index (χ3v) is 4.37. The number of aromatic carboxylic acids is 1. The number of rotatable bonds is 2. The molecule has 0 bridgehead atoms. The number of carboxylic acid groups (broad SMARTS) is 1. The van der Waals surface area contributed by atoms with E-state index in [1.807, 2.05) is 10.7 Å². The Hall–Kier alpha value is -1.91. The zero-order valence-electron chi connectivity index (χ0n) is 11.8. The highest BCUT2D eigenvalue weighted by Gasteiger charge is 2.29. The number of hydrogen-bond donors (Lipinski definition) is 1. The van der Waals surface area contributed by atoms with Crippen LogP contribution in [0.5, 0.6) is 0 Å². The SMILES string of the molecule is CC1(C)CCC(n2nnc3cc(C(=O)O)ccc32)CC1. The maximum absolute atomic E-state index is 11.0. The van der Waals surface area contributed by atoms with Gasteiger partial charge < -0.3 is 5.11 Å². The number of fused-ring (bicyclic) bond motifs is 1. The largest absolute Gasteiger partial charge is 0.478 e. The summed E-state index contributed by atoms with van der Waals surface area (Å²) in [7, 11) is 0. The maximum Gasteiger partial charge on any atom is 0.335 e. The van der Waals surface area contributed by atoms with Crippen molar-refractivity contribution in [3.63, 3.8) is 0 Å².